The lowest BCUT2D eigenvalue weighted by molar-refractivity contribution is -0.134. The Morgan fingerprint density at radius 2 is 1.63 bits per heavy atom. The van der Waals surface area contributed by atoms with Crippen LogP contribution in [-0.2, 0) is 11.3 Å². The summed E-state index contributed by atoms with van der Waals surface area (Å²) in [5, 5.41) is -0.801. The topological polar surface area (TPSA) is 20.3 Å². The Hall–Kier alpha value is -1.55. The predicted octanol–water partition coefficient (Wildman–Crippen LogP) is 6.02. The highest BCUT2D eigenvalue weighted by Crippen LogP contribution is 2.50. The highest BCUT2D eigenvalue weighted by molar-refractivity contribution is 6.49. The first-order valence-electron chi connectivity index (χ1n) is 8.52. The molecule has 2 nitrogen and oxygen atoms in total. The van der Waals surface area contributed by atoms with Crippen LogP contribution in [0, 0.1) is 11.2 Å². The molecule has 27 heavy (non-hydrogen) atoms. The maximum absolute atomic E-state index is 13.4. The van der Waals surface area contributed by atoms with Gasteiger partial charge in [0.05, 0.1) is 23.0 Å². The van der Waals surface area contributed by atoms with Crippen molar-refractivity contribution in [3.05, 3.63) is 77.1 Å². The Kier molecular flexibility index (Phi) is 5.85. The summed E-state index contributed by atoms with van der Waals surface area (Å²) in [4.78, 5) is 14.2. The molecule has 0 radical (unpaired) electrons. The van der Waals surface area contributed by atoms with Crippen molar-refractivity contribution in [3.8, 4) is 0 Å². The number of benzene rings is 2. The summed E-state index contributed by atoms with van der Waals surface area (Å²) in [5.41, 5.74) is 2.13. The van der Waals surface area contributed by atoms with Gasteiger partial charge in [-0.05, 0) is 54.8 Å². The first-order valence-corrected chi connectivity index (χ1v) is 9.83. The Bertz CT molecular complexity index is 867. The molecule has 142 valence electrons. The van der Waals surface area contributed by atoms with Crippen LogP contribution in [0.5, 0.6) is 0 Å². The van der Waals surface area contributed by atoms with Crippen molar-refractivity contribution in [1.29, 1.82) is 0 Å². The zero-order valence-electron chi connectivity index (χ0n) is 14.9. The Labute approximate surface area is 173 Å². The minimum atomic E-state index is -1.06. The zero-order chi connectivity index (χ0) is 19.8. The van der Waals surface area contributed by atoms with Crippen LogP contribution in [0.4, 0.5) is 4.39 Å². The van der Waals surface area contributed by atoms with E-state index < -0.39 is 15.6 Å². The summed E-state index contributed by atoms with van der Waals surface area (Å²) in [6.07, 6.45) is 0. The van der Waals surface area contributed by atoms with E-state index in [4.69, 9.17) is 34.8 Å². The van der Waals surface area contributed by atoms with E-state index in [1.165, 1.54) is 12.1 Å². The monoisotopic (exact) mass is 425 g/mol. The van der Waals surface area contributed by atoms with Crippen LogP contribution in [0.2, 0.25) is 0 Å². The van der Waals surface area contributed by atoms with Crippen LogP contribution in [0.25, 0.3) is 5.70 Å². The lowest BCUT2D eigenvalue weighted by Crippen LogP contribution is -2.43. The van der Waals surface area contributed by atoms with E-state index in [0.29, 0.717) is 12.2 Å². The van der Waals surface area contributed by atoms with Gasteiger partial charge in [0, 0.05) is 0 Å². The van der Waals surface area contributed by atoms with Gasteiger partial charge in [-0.1, -0.05) is 30.3 Å². The third-order valence-corrected chi connectivity index (χ3v) is 6.62. The third-order valence-electron chi connectivity index (χ3n) is 5.17. The average molecular weight is 427 g/mol. The fourth-order valence-corrected chi connectivity index (χ4v) is 4.23. The van der Waals surface area contributed by atoms with Crippen molar-refractivity contribution in [2.45, 2.75) is 30.6 Å². The molecular formula is C21H19Cl3FNO. The maximum Gasteiger partial charge on any atom is 0.239 e. The number of amides is 1. The van der Waals surface area contributed by atoms with Gasteiger partial charge in [-0.25, -0.2) is 4.39 Å². The van der Waals surface area contributed by atoms with Crippen LogP contribution >= 0.6 is 34.8 Å². The number of halogens is 4. The Morgan fingerprint density at radius 3 is 2.19 bits per heavy atom. The summed E-state index contributed by atoms with van der Waals surface area (Å²) in [6, 6.07) is 15.7. The van der Waals surface area contributed by atoms with Gasteiger partial charge in [0.15, 0.2) is 0 Å². The third kappa shape index (κ3) is 3.61. The van der Waals surface area contributed by atoms with Gasteiger partial charge in [-0.15, -0.1) is 34.8 Å². The largest absolute Gasteiger partial charge is 0.307 e. The van der Waals surface area contributed by atoms with Crippen molar-refractivity contribution in [3.63, 3.8) is 0 Å². The van der Waals surface area contributed by atoms with E-state index in [2.05, 4.69) is 0 Å². The number of nitrogens with zero attached hydrogens (tertiary/aromatic N) is 1. The number of rotatable bonds is 5. The minimum Gasteiger partial charge on any atom is -0.307 e. The highest BCUT2D eigenvalue weighted by atomic mass is 35.5. The number of carbonyl (C=O) groups excluding carboxylic acids is 1. The molecule has 0 bridgehead atoms. The molecule has 0 spiro atoms. The molecule has 6 heteroatoms. The summed E-state index contributed by atoms with van der Waals surface area (Å²) in [7, 11) is 0. The zero-order valence-corrected chi connectivity index (χ0v) is 17.2. The van der Waals surface area contributed by atoms with Crippen molar-refractivity contribution >= 4 is 46.4 Å². The van der Waals surface area contributed by atoms with Gasteiger partial charge in [-0.3, -0.25) is 4.79 Å². The van der Waals surface area contributed by atoms with Gasteiger partial charge in [-0.2, -0.15) is 0 Å². The Morgan fingerprint density at radius 1 is 1.04 bits per heavy atom. The number of alkyl halides is 3. The van der Waals surface area contributed by atoms with Gasteiger partial charge in [0.25, 0.3) is 0 Å². The van der Waals surface area contributed by atoms with Crippen LogP contribution < -0.4 is 0 Å². The van der Waals surface area contributed by atoms with Gasteiger partial charge >= 0.3 is 0 Å². The molecule has 2 atom stereocenters. The number of hydrogen-bond donors (Lipinski definition) is 0. The molecule has 1 aliphatic rings. The fraction of sp³-hybridized carbons (Fsp3) is 0.286. The molecule has 0 aromatic heterocycles. The molecule has 2 unspecified atom stereocenters. The SMILES string of the molecule is CC1=C(c2ccc(F)cc2)N(Cc2ccccc2)C(=O)C1(C)C(Cl)C(Cl)Cl. The number of carbonyl (C=O) groups is 1. The summed E-state index contributed by atoms with van der Waals surface area (Å²) in [5.74, 6) is -0.509. The molecule has 1 amide bonds. The Balaban J connectivity index is 2.13. The summed E-state index contributed by atoms with van der Waals surface area (Å²) in [6.45, 7) is 3.99. The second-order valence-corrected chi connectivity index (χ2v) is 8.43. The summed E-state index contributed by atoms with van der Waals surface area (Å²) >= 11 is 18.6. The lowest BCUT2D eigenvalue weighted by atomic mass is 9.80. The first-order chi connectivity index (χ1) is 12.8. The van der Waals surface area contributed by atoms with E-state index >= 15 is 0 Å². The molecule has 1 aliphatic heterocycles. The van der Waals surface area contributed by atoms with E-state index in [-0.39, 0.29) is 11.7 Å². The molecule has 2 aromatic carbocycles. The quantitative estimate of drug-likeness (QED) is 0.536. The molecule has 3 rings (SSSR count). The smallest absolute Gasteiger partial charge is 0.239 e. The van der Waals surface area contributed by atoms with E-state index in [1.807, 2.05) is 37.3 Å². The lowest BCUT2D eigenvalue weighted by Gasteiger charge is -2.31. The normalized spacial score (nSPS) is 21.3. The molecule has 0 saturated carbocycles. The first kappa shape index (κ1) is 20.2. The van der Waals surface area contributed by atoms with Crippen molar-refractivity contribution in [1.82, 2.24) is 4.90 Å². The molecule has 0 aliphatic carbocycles. The van der Waals surface area contributed by atoms with Gasteiger partial charge in [0.2, 0.25) is 5.91 Å². The maximum atomic E-state index is 13.4. The molecule has 0 fully saturated rings. The van der Waals surface area contributed by atoms with Crippen LogP contribution in [0.3, 0.4) is 0 Å². The van der Waals surface area contributed by atoms with Gasteiger partial charge in [0.1, 0.15) is 10.7 Å². The van der Waals surface area contributed by atoms with Crippen LogP contribution in [-0.4, -0.2) is 21.0 Å². The molecule has 0 N–H and O–H groups in total. The van der Waals surface area contributed by atoms with E-state index in [1.54, 1.807) is 24.0 Å². The van der Waals surface area contributed by atoms with Crippen molar-refractivity contribution < 1.29 is 9.18 Å². The molecule has 1 heterocycles. The van der Waals surface area contributed by atoms with E-state index in [0.717, 1.165) is 16.7 Å². The summed E-state index contributed by atoms with van der Waals surface area (Å²) < 4.78 is 13.4. The molecular weight excluding hydrogens is 408 g/mol. The minimum absolute atomic E-state index is 0.172. The van der Waals surface area contributed by atoms with Crippen molar-refractivity contribution in [2.24, 2.45) is 5.41 Å². The molecule has 0 saturated heterocycles. The second kappa shape index (κ2) is 7.83. The predicted molar refractivity (Wildman–Crippen MR) is 109 cm³/mol. The average Bonchev–Trinajstić information content (AvgIpc) is 2.85. The number of hydrogen-bond acceptors (Lipinski definition) is 1. The van der Waals surface area contributed by atoms with E-state index in [9.17, 15) is 9.18 Å². The standard InChI is InChI=1S/C21H19Cl3FNO/c1-13-17(15-8-10-16(25)11-9-15)26(12-14-6-4-3-5-7-14)20(27)21(13,2)18(22)19(23)24/h3-11,18-19H,12H2,1-2H3. The van der Waals surface area contributed by atoms with Gasteiger partial charge < -0.3 is 4.90 Å². The fourth-order valence-electron chi connectivity index (χ4n) is 3.46. The van der Waals surface area contributed by atoms with Crippen LogP contribution in [0.1, 0.15) is 25.0 Å². The highest BCUT2D eigenvalue weighted by Gasteiger charge is 2.53. The van der Waals surface area contributed by atoms with Crippen molar-refractivity contribution in [2.75, 3.05) is 0 Å². The van der Waals surface area contributed by atoms with Crippen LogP contribution in [0.15, 0.2) is 60.2 Å². The molecule has 2 aromatic rings. The second-order valence-electron chi connectivity index (χ2n) is 6.80.